The molecule has 4 nitrogen and oxygen atoms in total. The molecule has 0 aliphatic heterocycles. The normalized spacial score (nSPS) is 8.87. The van der Waals surface area contributed by atoms with E-state index in [0.717, 1.165) is 0 Å². The molecule has 0 saturated heterocycles. The van der Waals surface area contributed by atoms with Crippen LogP contribution in [-0.4, -0.2) is 16.5 Å². The highest BCUT2D eigenvalue weighted by Gasteiger charge is 2.24. The van der Waals surface area contributed by atoms with Gasteiger partial charge in [-0.15, -0.1) is 0 Å². The summed E-state index contributed by atoms with van der Waals surface area (Å²) in [7, 11) is 0. The van der Waals surface area contributed by atoms with Crippen LogP contribution >= 0.6 is 0 Å². The van der Waals surface area contributed by atoms with Crippen molar-refractivity contribution in [2.45, 2.75) is 6.92 Å². The minimum atomic E-state index is -0.726. The molecule has 1 aromatic rings. The number of ether oxygens (including phenoxy) is 1. The Morgan fingerprint density at radius 1 is 1.40 bits per heavy atom. The van der Waals surface area contributed by atoms with E-state index < -0.39 is 5.97 Å². The van der Waals surface area contributed by atoms with E-state index in [-0.39, 0.29) is 11.5 Å². The van der Waals surface area contributed by atoms with Gasteiger partial charge in [0, 0.05) is 0 Å². The van der Waals surface area contributed by atoms with E-state index in [9.17, 15) is 4.79 Å². The largest absolute Gasteiger partial charge is 0.427 e. The number of hydrogen-bond donors (Lipinski definition) is 0. The van der Waals surface area contributed by atoms with Crippen molar-refractivity contribution >= 4 is 11.7 Å². The lowest BCUT2D eigenvalue weighted by Crippen LogP contribution is -2.18. The average molecular weight is 202 g/mol. The lowest BCUT2D eigenvalue weighted by molar-refractivity contribution is -0.136. The van der Waals surface area contributed by atoms with Crippen LogP contribution in [0.4, 0.5) is 0 Å². The van der Waals surface area contributed by atoms with Gasteiger partial charge in [-0.25, -0.2) is 4.79 Å². The third-order valence-electron chi connectivity index (χ3n) is 1.61. The van der Waals surface area contributed by atoms with Crippen LogP contribution in [0.5, 0.6) is 0 Å². The highest BCUT2D eigenvalue weighted by atomic mass is 16.5. The van der Waals surface area contributed by atoms with Gasteiger partial charge in [-0.3, -0.25) is 0 Å². The molecule has 0 N–H and O–H groups in total. The molecular formula is C11H10N2O2. The van der Waals surface area contributed by atoms with E-state index in [2.05, 4.69) is 11.4 Å². The maximum absolute atomic E-state index is 11.4. The summed E-state index contributed by atoms with van der Waals surface area (Å²) in [4.78, 5) is 14.3. The van der Waals surface area contributed by atoms with Crippen LogP contribution in [-0.2, 0) is 9.53 Å². The van der Waals surface area contributed by atoms with Crippen LogP contribution in [0.15, 0.2) is 42.7 Å². The maximum Gasteiger partial charge on any atom is 0.427 e. The lowest BCUT2D eigenvalue weighted by Gasteiger charge is -1.98. The third-order valence-corrected chi connectivity index (χ3v) is 1.61. The van der Waals surface area contributed by atoms with Crippen molar-refractivity contribution in [3.8, 4) is 0 Å². The molecule has 0 aliphatic carbocycles. The molecule has 0 aromatic heterocycles. The molecule has 0 atom stereocenters. The molecule has 0 aliphatic rings. The molecular weight excluding hydrogens is 192 g/mol. The number of carbonyl (C=O) groups is 1. The Kier molecular flexibility index (Phi) is 3.55. The first-order valence-electron chi connectivity index (χ1n) is 4.30. The minimum Gasteiger partial charge on any atom is -0.423 e. The molecule has 4 heteroatoms. The predicted molar refractivity (Wildman–Crippen MR) is 55.1 cm³/mol. The highest BCUT2D eigenvalue weighted by molar-refractivity contribution is 6.40. The number of esters is 1. The summed E-state index contributed by atoms with van der Waals surface area (Å²) in [5.41, 5.74) is 9.07. The summed E-state index contributed by atoms with van der Waals surface area (Å²) in [6.45, 7) is 4.97. The number of hydrogen-bond acceptors (Lipinski definition) is 2. The molecule has 0 spiro atoms. The van der Waals surface area contributed by atoms with E-state index in [1.165, 1.54) is 6.92 Å². The molecule has 1 rings (SSSR count). The second kappa shape index (κ2) is 4.88. The fourth-order valence-electron chi connectivity index (χ4n) is 1.02. The summed E-state index contributed by atoms with van der Waals surface area (Å²) in [5.74, 6) is -0.478. The van der Waals surface area contributed by atoms with Crippen molar-refractivity contribution in [1.29, 1.82) is 0 Å². The van der Waals surface area contributed by atoms with E-state index in [1.54, 1.807) is 30.3 Å². The molecule has 0 fully saturated rings. The van der Waals surface area contributed by atoms with Gasteiger partial charge in [0.25, 0.3) is 0 Å². The Morgan fingerprint density at radius 3 is 2.47 bits per heavy atom. The van der Waals surface area contributed by atoms with Crippen LogP contribution in [0, 0.1) is 0 Å². The quantitative estimate of drug-likeness (QED) is 0.246. The van der Waals surface area contributed by atoms with Crippen LogP contribution in [0.1, 0.15) is 12.5 Å². The zero-order chi connectivity index (χ0) is 11.3. The van der Waals surface area contributed by atoms with Crippen molar-refractivity contribution < 1.29 is 14.3 Å². The molecule has 15 heavy (non-hydrogen) atoms. The zero-order valence-corrected chi connectivity index (χ0v) is 8.30. The molecule has 0 bridgehead atoms. The Bertz CT molecular complexity index is 431. The molecule has 0 saturated carbocycles. The lowest BCUT2D eigenvalue weighted by atomic mass is 10.1. The zero-order valence-electron chi connectivity index (χ0n) is 8.30. The topological polar surface area (TPSA) is 62.7 Å². The van der Waals surface area contributed by atoms with Gasteiger partial charge in [-0.2, -0.15) is 4.79 Å². The number of nitrogens with zero attached hydrogens (tertiary/aromatic N) is 2. The minimum absolute atomic E-state index is 0.140. The van der Waals surface area contributed by atoms with Crippen molar-refractivity contribution in [2.24, 2.45) is 0 Å². The number of rotatable bonds is 3. The molecule has 0 amide bonds. The van der Waals surface area contributed by atoms with Gasteiger partial charge in [0.2, 0.25) is 0 Å². The first-order chi connectivity index (χ1) is 7.15. The van der Waals surface area contributed by atoms with Crippen LogP contribution in [0.3, 0.4) is 0 Å². The SMILES string of the molecule is C=C(C)OC(=O)C(=[N+]=[N-])c1ccccc1. The fourth-order valence-corrected chi connectivity index (χ4v) is 1.02. The maximum atomic E-state index is 11.4. The van der Waals surface area contributed by atoms with Crippen LogP contribution < -0.4 is 0 Å². The second-order valence-electron chi connectivity index (χ2n) is 2.91. The summed E-state index contributed by atoms with van der Waals surface area (Å²) < 4.78 is 4.73. The highest BCUT2D eigenvalue weighted by Crippen LogP contribution is 2.02. The van der Waals surface area contributed by atoms with Gasteiger partial charge < -0.3 is 10.3 Å². The van der Waals surface area contributed by atoms with Crippen LogP contribution in [0.25, 0.3) is 5.53 Å². The van der Waals surface area contributed by atoms with Crippen molar-refractivity contribution in [2.75, 3.05) is 0 Å². The first kappa shape index (κ1) is 10.9. The number of allylic oxidation sites excluding steroid dienone is 1. The van der Waals surface area contributed by atoms with Crippen molar-refractivity contribution in [3.63, 3.8) is 0 Å². The smallest absolute Gasteiger partial charge is 0.423 e. The van der Waals surface area contributed by atoms with Gasteiger partial charge in [-0.1, -0.05) is 24.8 Å². The van der Waals surface area contributed by atoms with Gasteiger partial charge in [-0.05, 0) is 19.1 Å². The summed E-state index contributed by atoms with van der Waals surface area (Å²) in [6.07, 6.45) is 0. The van der Waals surface area contributed by atoms with E-state index in [4.69, 9.17) is 10.3 Å². The van der Waals surface area contributed by atoms with Gasteiger partial charge >= 0.3 is 11.7 Å². The van der Waals surface area contributed by atoms with Gasteiger partial charge in [0.05, 0.1) is 11.3 Å². The van der Waals surface area contributed by atoms with E-state index in [0.29, 0.717) is 5.56 Å². The third kappa shape index (κ3) is 2.90. The van der Waals surface area contributed by atoms with E-state index >= 15 is 0 Å². The number of carbonyl (C=O) groups excluding carboxylic acids is 1. The summed E-state index contributed by atoms with van der Waals surface area (Å²) >= 11 is 0. The average Bonchev–Trinajstić information content (AvgIpc) is 2.19. The molecule has 0 heterocycles. The Balaban J connectivity index is 2.97. The standard InChI is InChI=1S/C11H10N2O2/c1-8(2)15-11(14)10(13-12)9-6-4-3-5-7-9/h3-7H,1H2,2H3. The van der Waals surface area contributed by atoms with Gasteiger partial charge in [0.1, 0.15) is 0 Å². The monoisotopic (exact) mass is 202 g/mol. The van der Waals surface area contributed by atoms with Crippen LogP contribution in [0.2, 0.25) is 0 Å². The summed E-state index contributed by atoms with van der Waals surface area (Å²) in [6, 6.07) is 8.55. The summed E-state index contributed by atoms with van der Waals surface area (Å²) in [5, 5.41) is 0. The predicted octanol–water partition coefficient (Wildman–Crippen LogP) is 1.78. The van der Waals surface area contributed by atoms with Crippen molar-refractivity contribution in [1.82, 2.24) is 0 Å². The Labute approximate surface area is 87.4 Å². The second-order valence-corrected chi connectivity index (χ2v) is 2.91. The molecule has 1 aromatic carbocycles. The molecule has 0 unspecified atom stereocenters. The first-order valence-corrected chi connectivity index (χ1v) is 4.30. The number of benzene rings is 1. The molecule has 0 radical (unpaired) electrons. The van der Waals surface area contributed by atoms with Crippen molar-refractivity contribution in [3.05, 3.63) is 53.8 Å². The van der Waals surface area contributed by atoms with Gasteiger partial charge in [0.15, 0.2) is 0 Å². The fraction of sp³-hybridized carbons (Fsp3) is 0.0909. The Morgan fingerprint density at radius 2 is 2.00 bits per heavy atom. The molecule has 76 valence electrons. The van der Waals surface area contributed by atoms with E-state index in [1.807, 2.05) is 0 Å². The Hall–Kier alpha value is -2.19.